The summed E-state index contributed by atoms with van der Waals surface area (Å²) in [5.41, 5.74) is -1.28. The molecule has 4 rings (SSSR count). The third-order valence-corrected chi connectivity index (χ3v) is 10.7. The van der Waals surface area contributed by atoms with Crippen LogP contribution in [0.25, 0.3) is 0 Å². The quantitative estimate of drug-likeness (QED) is 0.347. The van der Waals surface area contributed by atoms with E-state index in [2.05, 4.69) is 23.3 Å². The van der Waals surface area contributed by atoms with Crippen LogP contribution >= 0.6 is 0 Å². The fourth-order valence-electron chi connectivity index (χ4n) is 8.47. The fourth-order valence-corrected chi connectivity index (χ4v) is 8.84. The Morgan fingerprint density at radius 2 is 1.92 bits per heavy atom. The highest BCUT2D eigenvalue weighted by Crippen LogP contribution is 2.68. The molecular formula is C26H43NO8S. The summed E-state index contributed by atoms with van der Waals surface area (Å²) < 4.78 is 71.8. The summed E-state index contributed by atoms with van der Waals surface area (Å²) in [7, 11) is -5.08. The molecule has 0 radical (unpaired) electrons. The summed E-state index contributed by atoms with van der Waals surface area (Å²) >= 11 is 0. The van der Waals surface area contributed by atoms with Crippen LogP contribution in [0.4, 0.5) is 0 Å². The molecular weight excluding hydrogens is 486 g/mol. The van der Waals surface area contributed by atoms with Crippen molar-refractivity contribution in [2.75, 3.05) is 6.54 Å². The zero-order valence-electron chi connectivity index (χ0n) is 25.3. The second-order valence-electron chi connectivity index (χ2n) is 12.0. The van der Waals surface area contributed by atoms with E-state index in [-0.39, 0.29) is 48.3 Å². The van der Waals surface area contributed by atoms with Gasteiger partial charge in [-0.15, -0.1) is 0 Å². The average Bonchev–Trinajstić information content (AvgIpc) is 3.17. The van der Waals surface area contributed by atoms with Crippen LogP contribution in [-0.4, -0.2) is 53.8 Å². The number of amides is 1. The van der Waals surface area contributed by atoms with Gasteiger partial charge in [0.05, 0.1) is 12.2 Å². The van der Waals surface area contributed by atoms with Crippen molar-refractivity contribution >= 4 is 22.3 Å². The third-order valence-electron chi connectivity index (χ3n) is 10.2. The summed E-state index contributed by atoms with van der Waals surface area (Å²) in [6, 6.07) is 0. The highest BCUT2D eigenvalue weighted by Gasteiger charge is 2.63. The van der Waals surface area contributed by atoms with Crippen molar-refractivity contribution in [1.82, 2.24) is 5.32 Å². The SMILES string of the molecule is [2H]C1([2H])C[C@@]2(C)[C@H](CCC3C4CC[C@H]([C@H](C)CCC(=O)NCC(=O)O)[C@@]4(C)[C@@H](O)C[C@@H]32)C([2H])([2H])[C@@H]1OS(=O)(=O)O. The van der Waals surface area contributed by atoms with Gasteiger partial charge in [0, 0.05) is 11.9 Å². The molecule has 0 aromatic carbocycles. The molecule has 10 atom stereocenters. The van der Waals surface area contributed by atoms with Gasteiger partial charge in [-0.25, -0.2) is 4.18 Å². The summed E-state index contributed by atoms with van der Waals surface area (Å²) in [4.78, 5) is 22.8. The molecule has 4 aliphatic carbocycles. The molecule has 0 bridgehead atoms. The Morgan fingerprint density at radius 3 is 2.58 bits per heavy atom. The molecule has 9 nitrogen and oxygen atoms in total. The minimum absolute atomic E-state index is 0.111. The van der Waals surface area contributed by atoms with Crippen molar-refractivity contribution in [3.05, 3.63) is 0 Å². The van der Waals surface area contributed by atoms with Crippen LogP contribution in [0, 0.1) is 46.3 Å². The van der Waals surface area contributed by atoms with Crippen molar-refractivity contribution in [3.8, 4) is 0 Å². The van der Waals surface area contributed by atoms with Gasteiger partial charge in [0.25, 0.3) is 0 Å². The highest BCUT2D eigenvalue weighted by atomic mass is 32.3. The normalized spacial score (nSPS) is 47.5. The number of hydrogen-bond acceptors (Lipinski definition) is 6. The third kappa shape index (κ3) is 5.20. The van der Waals surface area contributed by atoms with E-state index in [1.165, 1.54) is 0 Å². The Morgan fingerprint density at radius 1 is 1.19 bits per heavy atom. The van der Waals surface area contributed by atoms with Crippen molar-refractivity contribution < 1.29 is 42.4 Å². The van der Waals surface area contributed by atoms with Crippen molar-refractivity contribution in [2.45, 2.75) is 97.1 Å². The number of aliphatic carboxylic acids is 1. The van der Waals surface area contributed by atoms with Crippen molar-refractivity contribution in [1.29, 1.82) is 0 Å². The Bertz CT molecular complexity index is 1120. The number of carboxylic acid groups (broad SMARTS) is 1. The maximum absolute atomic E-state index is 12.1. The number of rotatable bonds is 8. The van der Waals surface area contributed by atoms with E-state index in [9.17, 15) is 27.7 Å². The maximum Gasteiger partial charge on any atom is 0.397 e. The van der Waals surface area contributed by atoms with E-state index < -0.39 is 64.6 Å². The number of nitrogens with one attached hydrogen (secondary N) is 1. The zero-order chi connectivity index (χ0) is 30.1. The molecule has 0 spiro atoms. The molecule has 4 saturated carbocycles. The van der Waals surface area contributed by atoms with Gasteiger partial charge in [0.2, 0.25) is 5.91 Å². The molecule has 4 fully saturated rings. The van der Waals surface area contributed by atoms with Crippen LogP contribution in [0.2, 0.25) is 0 Å². The predicted molar refractivity (Wildman–Crippen MR) is 132 cm³/mol. The molecule has 0 aromatic rings. The summed E-state index contributed by atoms with van der Waals surface area (Å²) in [5.74, 6) is -1.78. The van der Waals surface area contributed by atoms with Gasteiger partial charge in [0.15, 0.2) is 0 Å². The molecule has 0 aromatic heterocycles. The number of carbonyl (C=O) groups is 2. The molecule has 10 heteroatoms. The van der Waals surface area contributed by atoms with Crippen LogP contribution < -0.4 is 5.32 Å². The molecule has 0 aliphatic heterocycles. The first kappa shape index (κ1) is 22.7. The lowest BCUT2D eigenvalue weighted by Crippen LogP contribution is -2.59. The van der Waals surface area contributed by atoms with E-state index in [1.54, 1.807) is 0 Å². The lowest BCUT2D eigenvalue weighted by molar-refractivity contribution is -0.173. The lowest BCUT2D eigenvalue weighted by atomic mass is 9.43. The first-order chi connectivity index (χ1) is 18.2. The first-order valence-corrected chi connectivity index (χ1v) is 14.4. The number of hydrogen-bond donors (Lipinski definition) is 4. The monoisotopic (exact) mass is 533 g/mol. The first-order valence-electron chi connectivity index (χ1n) is 15.1. The van der Waals surface area contributed by atoms with Gasteiger partial charge >= 0.3 is 16.4 Å². The smallest absolute Gasteiger partial charge is 0.397 e. The molecule has 0 heterocycles. The number of aliphatic hydroxyl groups excluding tert-OH is 1. The largest absolute Gasteiger partial charge is 0.480 e. The van der Waals surface area contributed by atoms with Crippen molar-refractivity contribution in [2.24, 2.45) is 46.3 Å². The van der Waals surface area contributed by atoms with Crippen LogP contribution in [-0.2, 0) is 24.2 Å². The zero-order valence-corrected chi connectivity index (χ0v) is 22.1. The lowest BCUT2D eigenvalue weighted by Gasteiger charge is -2.62. The molecule has 4 N–H and O–H groups in total. The van der Waals surface area contributed by atoms with Gasteiger partial charge in [0.1, 0.15) is 6.54 Å². The maximum atomic E-state index is 12.1. The fraction of sp³-hybridized carbons (Fsp3) is 0.923. The number of carbonyl (C=O) groups excluding carboxylic acids is 1. The molecule has 0 saturated heterocycles. The molecule has 206 valence electrons. The predicted octanol–water partition coefficient (Wildman–Crippen LogP) is 3.42. The summed E-state index contributed by atoms with van der Waals surface area (Å²) in [6.07, 6.45) is -3.62. The Labute approximate surface area is 220 Å². The van der Waals surface area contributed by atoms with Crippen LogP contribution in [0.5, 0.6) is 0 Å². The number of carboxylic acids is 1. The topological polar surface area (TPSA) is 150 Å². The van der Waals surface area contributed by atoms with Gasteiger partial charge in [-0.05, 0) is 104 Å². The molecule has 1 amide bonds. The van der Waals surface area contributed by atoms with E-state index in [0.29, 0.717) is 25.7 Å². The van der Waals surface area contributed by atoms with E-state index in [4.69, 9.17) is 10.6 Å². The van der Waals surface area contributed by atoms with Crippen LogP contribution in [0.15, 0.2) is 0 Å². The van der Waals surface area contributed by atoms with E-state index >= 15 is 0 Å². The number of aliphatic hydroxyl groups is 1. The van der Waals surface area contributed by atoms with Gasteiger partial charge in [-0.2, -0.15) is 8.42 Å². The Hall–Kier alpha value is -1.23. The minimum Gasteiger partial charge on any atom is -0.480 e. The van der Waals surface area contributed by atoms with Gasteiger partial charge in [-0.3, -0.25) is 14.1 Å². The standard InChI is InChI=1S/C26H43NO8S/c1-15(4-9-23(29)27-14-24(30)31)19-7-8-20-18-6-5-16-12-17(35-36(32,33)34)10-11-25(16,2)21(18)13-22(28)26(19,20)3/h15-22,28H,4-14H2,1-3H3,(H,27,29)(H,30,31)(H,32,33,34)/t15-,16-,17-,18?,19-,20?,21+,22+,25+,26-/m1/s1/i10D2,12D2. The molecule has 2 unspecified atom stereocenters. The molecule has 36 heavy (non-hydrogen) atoms. The Kier molecular flexibility index (Phi) is 6.41. The van der Waals surface area contributed by atoms with E-state index in [1.807, 2.05) is 6.92 Å². The number of fused-ring (bicyclic) bond motifs is 5. The highest BCUT2D eigenvalue weighted by molar-refractivity contribution is 7.80. The van der Waals surface area contributed by atoms with E-state index in [0.717, 1.165) is 12.8 Å². The van der Waals surface area contributed by atoms with Gasteiger partial charge in [-0.1, -0.05) is 20.8 Å². The second-order valence-corrected chi connectivity index (χ2v) is 13.0. The van der Waals surface area contributed by atoms with Crippen LogP contribution in [0.1, 0.15) is 90.4 Å². The van der Waals surface area contributed by atoms with Crippen molar-refractivity contribution in [3.63, 3.8) is 0 Å². The summed E-state index contributed by atoms with van der Waals surface area (Å²) in [5, 5.41) is 22.9. The summed E-state index contributed by atoms with van der Waals surface area (Å²) in [6.45, 7) is 5.63. The second kappa shape index (κ2) is 10.2. The molecule has 4 aliphatic rings. The Balaban J connectivity index is 1.55. The minimum atomic E-state index is -5.08. The van der Waals surface area contributed by atoms with Crippen LogP contribution in [0.3, 0.4) is 0 Å². The van der Waals surface area contributed by atoms with Gasteiger partial charge < -0.3 is 15.5 Å². The average molecular weight is 534 g/mol.